The molecule has 1 aliphatic carbocycles. The Bertz CT molecular complexity index is 570. The van der Waals surface area contributed by atoms with Crippen molar-refractivity contribution in [2.24, 2.45) is 5.84 Å². The van der Waals surface area contributed by atoms with E-state index in [0.29, 0.717) is 0 Å². The summed E-state index contributed by atoms with van der Waals surface area (Å²) in [4.78, 5) is 15.1. The quantitative estimate of drug-likeness (QED) is 0.389. The minimum Gasteiger partial charge on any atom is -0.352 e. The van der Waals surface area contributed by atoms with E-state index < -0.39 is 10.0 Å². The number of carbonyl (C=O) groups excluding carboxylic acids is 1. The monoisotopic (exact) mass is 285 g/mol. The van der Waals surface area contributed by atoms with Gasteiger partial charge in [-0.25, -0.2) is 24.0 Å². The standard InChI is InChI=1S/C10H15N5O3S/c11-15-10-8(2-1-5-12-10)19(17,18)13-6-9(16)14-7-3-4-7/h1-2,5,7,13H,3-4,6,11H2,(H,12,15)(H,14,16). The fourth-order valence-electron chi connectivity index (χ4n) is 1.46. The van der Waals surface area contributed by atoms with E-state index in [-0.39, 0.29) is 29.2 Å². The third-order valence-electron chi connectivity index (χ3n) is 2.56. The molecule has 0 unspecified atom stereocenters. The number of anilines is 1. The molecule has 1 aliphatic rings. The van der Waals surface area contributed by atoms with E-state index in [2.05, 4.69) is 20.4 Å². The highest BCUT2D eigenvalue weighted by atomic mass is 32.2. The van der Waals surface area contributed by atoms with Gasteiger partial charge < -0.3 is 10.7 Å². The molecule has 19 heavy (non-hydrogen) atoms. The predicted molar refractivity (Wildman–Crippen MR) is 68.4 cm³/mol. The van der Waals surface area contributed by atoms with Gasteiger partial charge in [0.25, 0.3) is 0 Å². The Labute approximate surface area is 110 Å². The van der Waals surface area contributed by atoms with Gasteiger partial charge in [-0.05, 0) is 25.0 Å². The molecule has 104 valence electrons. The molecule has 0 spiro atoms. The molecule has 1 heterocycles. The lowest BCUT2D eigenvalue weighted by Gasteiger charge is -2.09. The van der Waals surface area contributed by atoms with E-state index in [1.165, 1.54) is 18.3 Å². The number of hydrogen-bond acceptors (Lipinski definition) is 6. The molecule has 1 amide bonds. The van der Waals surface area contributed by atoms with Gasteiger partial charge in [-0.1, -0.05) is 0 Å². The van der Waals surface area contributed by atoms with Crippen LogP contribution in [-0.4, -0.2) is 31.9 Å². The summed E-state index contributed by atoms with van der Waals surface area (Å²) < 4.78 is 26.2. The Morgan fingerprint density at radius 3 is 2.84 bits per heavy atom. The Morgan fingerprint density at radius 2 is 2.21 bits per heavy atom. The van der Waals surface area contributed by atoms with Gasteiger partial charge in [-0.15, -0.1) is 0 Å². The lowest BCUT2D eigenvalue weighted by Crippen LogP contribution is -2.38. The lowest BCUT2D eigenvalue weighted by molar-refractivity contribution is -0.120. The summed E-state index contributed by atoms with van der Waals surface area (Å²) in [5, 5.41) is 2.68. The van der Waals surface area contributed by atoms with Crippen LogP contribution in [0.2, 0.25) is 0 Å². The summed E-state index contributed by atoms with van der Waals surface area (Å²) in [6, 6.07) is 3.01. The average Bonchev–Trinajstić information content (AvgIpc) is 3.20. The van der Waals surface area contributed by atoms with Crippen LogP contribution in [0.5, 0.6) is 0 Å². The molecule has 0 atom stereocenters. The number of nitrogen functional groups attached to an aromatic ring is 1. The van der Waals surface area contributed by atoms with Crippen LogP contribution in [0.4, 0.5) is 5.82 Å². The van der Waals surface area contributed by atoms with Crippen LogP contribution < -0.4 is 21.3 Å². The first kappa shape index (κ1) is 13.7. The number of nitrogens with one attached hydrogen (secondary N) is 3. The first-order valence-electron chi connectivity index (χ1n) is 5.73. The van der Waals surface area contributed by atoms with Gasteiger partial charge >= 0.3 is 0 Å². The largest absolute Gasteiger partial charge is 0.352 e. The van der Waals surface area contributed by atoms with E-state index in [1.807, 2.05) is 0 Å². The van der Waals surface area contributed by atoms with Crippen LogP contribution >= 0.6 is 0 Å². The summed E-state index contributed by atoms with van der Waals surface area (Å²) in [5.74, 6) is 4.87. The summed E-state index contributed by atoms with van der Waals surface area (Å²) >= 11 is 0. The molecule has 8 nitrogen and oxygen atoms in total. The van der Waals surface area contributed by atoms with Crippen molar-refractivity contribution in [3.8, 4) is 0 Å². The summed E-state index contributed by atoms with van der Waals surface area (Å²) in [5.41, 5.74) is 2.20. The van der Waals surface area contributed by atoms with Gasteiger partial charge in [0, 0.05) is 12.2 Å². The van der Waals surface area contributed by atoms with Gasteiger partial charge in [0.2, 0.25) is 15.9 Å². The molecular weight excluding hydrogens is 270 g/mol. The van der Waals surface area contributed by atoms with Crippen molar-refractivity contribution in [2.75, 3.05) is 12.0 Å². The Kier molecular flexibility index (Phi) is 3.98. The molecular formula is C10H15N5O3S. The minimum absolute atomic E-state index is 0.0256. The number of rotatable bonds is 6. The van der Waals surface area contributed by atoms with E-state index in [1.54, 1.807) is 0 Å². The van der Waals surface area contributed by atoms with Crippen molar-refractivity contribution in [1.82, 2.24) is 15.0 Å². The second-order valence-corrected chi connectivity index (χ2v) is 5.90. The number of pyridine rings is 1. The Hall–Kier alpha value is -1.71. The minimum atomic E-state index is -3.83. The normalized spacial score (nSPS) is 15.0. The second-order valence-electron chi connectivity index (χ2n) is 4.16. The molecule has 0 aliphatic heterocycles. The van der Waals surface area contributed by atoms with Crippen molar-refractivity contribution in [2.45, 2.75) is 23.8 Å². The molecule has 1 fully saturated rings. The molecule has 0 radical (unpaired) electrons. The topological polar surface area (TPSA) is 126 Å². The smallest absolute Gasteiger partial charge is 0.244 e. The third-order valence-corrected chi connectivity index (χ3v) is 3.99. The maximum absolute atomic E-state index is 12.0. The van der Waals surface area contributed by atoms with Crippen LogP contribution in [0.15, 0.2) is 23.2 Å². The number of nitrogens with two attached hydrogens (primary N) is 1. The highest BCUT2D eigenvalue weighted by Gasteiger charge is 2.25. The first-order valence-corrected chi connectivity index (χ1v) is 7.22. The van der Waals surface area contributed by atoms with Gasteiger partial charge in [0.15, 0.2) is 5.82 Å². The Balaban J connectivity index is 2.02. The number of hydrogen-bond donors (Lipinski definition) is 4. The zero-order valence-electron chi connectivity index (χ0n) is 10.1. The fraction of sp³-hybridized carbons (Fsp3) is 0.400. The summed E-state index contributed by atoms with van der Waals surface area (Å²) in [6.45, 7) is -0.308. The molecule has 9 heteroatoms. The highest BCUT2D eigenvalue weighted by molar-refractivity contribution is 7.89. The predicted octanol–water partition coefficient (Wildman–Crippen LogP) is -1.08. The molecule has 1 aromatic heterocycles. The van der Waals surface area contributed by atoms with E-state index in [4.69, 9.17) is 5.84 Å². The van der Waals surface area contributed by atoms with Gasteiger partial charge in [0.1, 0.15) is 4.90 Å². The van der Waals surface area contributed by atoms with Crippen molar-refractivity contribution in [3.05, 3.63) is 18.3 Å². The number of aromatic nitrogens is 1. The first-order chi connectivity index (χ1) is 9.03. The van der Waals surface area contributed by atoms with Crippen molar-refractivity contribution < 1.29 is 13.2 Å². The SMILES string of the molecule is NNc1ncccc1S(=O)(=O)NCC(=O)NC1CC1. The summed E-state index contributed by atoms with van der Waals surface area (Å²) in [6.07, 6.45) is 3.30. The number of nitrogens with zero attached hydrogens (tertiary/aromatic N) is 1. The highest BCUT2D eigenvalue weighted by Crippen LogP contribution is 2.18. The lowest BCUT2D eigenvalue weighted by atomic mass is 10.5. The van der Waals surface area contributed by atoms with Crippen molar-refractivity contribution in [1.29, 1.82) is 0 Å². The third kappa shape index (κ3) is 3.63. The molecule has 5 N–H and O–H groups in total. The maximum Gasteiger partial charge on any atom is 0.244 e. The van der Waals surface area contributed by atoms with Crippen molar-refractivity contribution >= 4 is 21.7 Å². The van der Waals surface area contributed by atoms with E-state index >= 15 is 0 Å². The fourth-order valence-corrected chi connectivity index (χ4v) is 2.56. The molecule has 0 saturated heterocycles. The van der Waals surface area contributed by atoms with Gasteiger partial charge in [-0.3, -0.25) is 4.79 Å². The molecule has 0 bridgehead atoms. The number of carbonyl (C=O) groups is 1. The second kappa shape index (κ2) is 5.51. The number of amides is 1. The van der Waals surface area contributed by atoms with Crippen LogP contribution in [0, 0.1) is 0 Å². The maximum atomic E-state index is 12.0. The van der Waals surface area contributed by atoms with Crippen molar-refractivity contribution in [3.63, 3.8) is 0 Å². The van der Waals surface area contributed by atoms with E-state index in [9.17, 15) is 13.2 Å². The van der Waals surface area contributed by atoms with Crippen LogP contribution in [0.25, 0.3) is 0 Å². The van der Waals surface area contributed by atoms with Gasteiger partial charge in [-0.2, -0.15) is 0 Å². The van der Waals surface area contributed by atoms with Gasteiger partial charge in [0.05, 0.1) is 6.54 Å². The summed E-state index contributed by atoms with van der Waals surface area (Å²) in [7, 11) is -3.83. The van der Waals surface area contributed by atoms with Crippen LogP contribution in [0.3, 0.4) is 0 Å². The Morgan fingerprint density at radius 1 is 1.47 bits per heavy atom. The van der Waals surface area contributed by atoms with Crippen LogP contribution in [0.1, 0.15) is 12.8 Å². The zero-order chi connectivity index (χ0) is 13.9. The molecule has 0 aromatic carbocycles. The molecule has 1 aromatic rings. The number of sulfonamides is 1. The number of hydrazine groups is 1. The average molecular weight is 285 g/mol. The van der Waals surface area contributed by atoms with E-state index in [0.717, 1.165) is 12.8 Å². The molecule has 2 rings (SSSR count). The molecule has 1 saturated carbocycles. The zero-order valence-corrected chi connectivity index (χ0v) is 10.9. The van der Waals surface area contributed by atoms with Crippen LogP contribution in [-0.2, 0) is 14.8 Å².